The van der Waals surface area contributed by atoms with Crippen molar-refractivity contribution >= 4 is 11.8 Å². The molecule has 0 saturated heterocycles. The van der Waals surface area contributed by atoms with E-state index in [1.807, 2.05) is 36.9 Å². The van der Waals surface area contributed by atoms with Crippen molar-refractivity contribution in [1.82, 2.24) is 4.90 Å². The van der Waals surface area contributed by atoms with Gasteiger partial charge in [0, 0.05) is 18.7 Å². The van der Waals surface area contributed by atoms with E-state index in [1.165, 1.54) is 0 Å². The van der Waals surface area contributed by atoms with E-state index in [2.05, 4.69) is 0 Å². The molecule has 2 atom stereocenters. The molecule has 0 bridgehead atoms. The first kappa shape index (κ1) is 14.7. The first-order chi connectivity index (χ1) is 9.43. The van der Waals surface area contributed by atoms with Crippen LogP contribution in [0, 0.1) is 5.92 Å². The van der Waals surface area contributed by atoms with Crippen molar-refractivity contribution in [3.63, 3.8) is 0 Å². The van der Waals surface area contributed by atoms with Crippen LogP contribution >= 0.6 is 0 Å². The zero-order chi connectivity index (χ0) is 14.9. The molecule has 0 amide bonds. The third-order valence-corrected chi connectivity index (χ3v) is 4.19. The zero-order valence-corrected chi connectivity index (χ0v) is 12.2. The van der Waals surface area contributed by atoms with Gasteiger partial charge in [-0.25, -0.2) is 0 Å². The summed E-state index contributed by atoms with van der Waals surface area (Å²) in [5.41, 5.74) is 2.90. The molecule has 4 nitrogen and oxygen atoms in total. The summed E-state index contributed by atoms with van der Waals surface area (Å²) in [7, 11) is 0. The third-order valence-electron chi connectivity index (χ3n) is 4.19. The molecule has 1 aliphatic heterocycles. The number of hydrogen-bond acceptors (Lipinski definition) is 3. The molecule has 0 fully saturated rings. The SMILES string of the molecule is CCC(C)C(C(=O)O)N1Cc2ccc(C(C)=O)cc2C1. The zero-order valence-electron chi connectivity index (χ0n) is 12.2. The van der Waals surface area contributed by atoms with E-state index < -0.39 is 12.0 Å². The van der Waals surface area contributed by atoms with Crippen molar-refractivity contribution in [2.45, 2.75) is 46.3 Å². The lowest BCUT2D eigenvalue weighted by molar-refractivity contribution is -0.145. The van der Waals surface area contributed by atoms with Crippen LogP contribution in [0.2, 0.25) is 0 Å². The van der Waals surface area contributed by atoms with Crippen LogP contribution in [0.25, 0.3) is 0 Å². The van der Waals surface area contributed by atoms with Crippen LogP contribution in [0.15, 0.2) is 18.2 Å². The maximum Gasteiger partial charge on any atom is 0.321 e. The molecule has 1 aliphatic rings. The van der Waals surface area contributed by atoms with Crippen LogP contribution in [0.3, 0.4) is 0 Å². The Morgan fingerprint density at radius 1 is 1.30 bits per heavy atom. The van der Waals surface area contributed by atoms with Gasteiger partial charge in [-0.2, -0.15) is 0 Å². The minimum absolute atomic E-state index is 0.0444. The predicted molar refractivity (Wildman–Crippen MR) is 76.6 cm³/mol. The van der Waals surface area contributed by atoms with Crippen molar-refractivity contribution in [2.24, 2.45) is 5.92 Å². The fourth-order valence-electron chi connectivity index (χ4n) is 2.82. The van der Waals surface area contributed by atoms with E-state index in [0.717, 1.165) is 17.5 Å². The first-order valence-electron chi connectivity index (χ1n) is 7.03. The van der Waals surface area contributed by atoms with E-state index in [1.54, 1.807) is 6.92 Å². The van der Waals surface area contributed by atoms with Gasteiger partial charge in [-0.1, -0.05) is 32.4 Å². The molecule has 1 aromatic carbocycles. The molecule has 0 aromatic heterocycles. The molecule has 108 valence electrons. The maximum absolute atomic E-state index is 11.5. The molecule has 1 aromatic rings. The minimum atomic E-state index is -0.765. The number of carboxylic acid groups (broad SMARTS) is 1. The highest BCUT2D eigenvalue weighted by Gasteiger charge is 2.34. The summed E-state index contributed by atoms with van der Waals surface area (Å²) in [6.45, 7) is 6.79. The highest BCUT2D eigenvalue weighted by atomic mass is 16.4. The molecular weight excluding hydrogens is 254 g/mol. The smallest absolute Gasteiger partial charge is 0.321 e. The number of carbonyl (C=O) groups is 2. The lowest BCUT2D eigenvalue weighted by Crippen LogP contribution is -2.42. The van der Waals surface area contributed by atoms with Crippen molar-refractivity contribution in [1.29, 1.82) is 0 Å². The second-order valence-electron chi connectivity index (χ2n) is 5.61. The second kappa shape index (κ2) is 5.75. The molecule has 0 saturated carbocycles. The molecule has 4 heteroatoms. The van der Waals surface area contributed by atoms with Gasteiger partial charge in [0.2, 0.25) is 0 Å². The summed E-state index contributed by atoms with van der Waals surface area (Å²) in [6.07, 6.45) is 0.836. The maximum atomic E-state index is 11.5. The van der Waals surface area contributed by atoms with Crippen LogP contribution in [0.1, 0.15) is 48.7 Å². The summed E-state index contributed by atoms with van der Waals surface area (Å²) in [5, 5.41) is 9.46. The first-order valence-corrected chi connectivity index (χ1v) is 7.03. The number of hydrogen-bond donors (Lipinski definition) is 1. The average Bonchev–Trinajstić information content (AvgIpc) is 2.79. The van der Waals surface area contributed by atoms with Gasteiger partial charge in [0.15, 0.2) is 5.78 Å². The monoisotopic (exact) mass is 275 g/mol. The van der Waals surface area contributed by atoms with Gasteiger partial charge in [-0.05, 0) is 30.0 Å². The van der Waals surface area contributed by atoms with Gasteiger partial charge in [-0.3, -0.25) is 14.5 Å². The number of Topliss-reactive ketones (excluding diaryl/α,β-unsaturated/α-hetero) is 1. The largest absolute Gasteiger partial charge is 0.480 e. The fraction of sp³-hybridized carbons (Fsp3) is 0.500. The summed E-state index contributed by atoms with van der Waals surface area (Å²) in [5.74, 6) is -0.615. The van der Waals surface area contributed by atoms with Crippen molar-refractivity contribution < 1.29 is 14.7 Å². The van der Waals surface area contributed by atoms with Gasteiger partial charge >= 0.3 is 5.97 Å². The van der Waals surface area contributed by atoms with Gasteiger partial charge in [0.25, 0.3) is 0 Å². The molecule has 1 N–H and O–H groups in total. The quantitative estimate of drug-likeness (QED) is 0.839. The number of ketones is 1. The lowest BCUT2D eigenvalue weighted by Gasteiger charge is -2.28. The van der Waals surface area contributed by atoms with Gasteiger partial charge < -0.3 is 5.11 Å². The molecule has 0 radical (unpaired) electrons. The van der Waals surface area contributed by atoms with E-state index in [-0.39, 0.29) is 11.7 Å². The summed E-state index contributed by atoms with van der Waals surface area (Å²) < 4.78 is 0. The Kier molecular flexibility index (Phi) is 4.23. The van der Waals surface area contributed by atoms with Crippen molar-refractivity contribution in [2.75, 3.05) is 0 Å². The number of carbonyl (C=O) groups excluding carboxylic acids is 1. The molecule has 2 rings (SSSR count). The molecular formula is C16H21NO3. The van der Waals surface area contributed by atoms with Crippen LogP contribution < -0.4 is 0 Å². The number of carboxylic acids is 1. The molecule has 1 heterocycles. The highest BCUT2D eigenvalue weighted by molar-refractivity contribution is 5.94. The Bertz CT molecular complexity index is 539. The molecule has 2 unspecified atom stereocenters. The van der Waals surface area contributed by atoms with Crippen LogP contribution in [-0.4, -0.2) is 27.8 Å². The third kappa shape index (κ3) is 2.75. The van der Waals surface area contributed by atoms with Gasteiger partial charge in [0.05, 0.1) is 0 Å². The van der Waals surface area contributed by atoms with Crippen LogP contribution in [-0.2, 0) is 17.9 Å². The van der Waals surface area contributed by atoms with Crippen LogP contribution in [0.4, 0.5) is 0 Å². The number of aliphatic carboxylic acids is 1. The number of benzene rings is 1. The Morgan fingerprint density at radius 2 is 1.95 bits per heavy atom. The summed E-state index contributed by atoms with van der Waals surface area (Å²) >= 11 is 0. The number of nitrogens with zero attached hydrogens (tertiary/aromatic N) is 1. The predicted octanol–water partition coefficient (Wildman–Crippen LogP) is 2.70. The van der Waals surface area contributed by atoms with E-state index in [9.17, 15) is 14.7 Å². The second-order valence-corrected chi connectivity index (χ2v) is 5.61. The summed E-state index contributed by atoms with van der Waals surface area (Å²) in [4.78, 5) is 24.9. The van der Waals surface area contributed by atoms with Crippen molar-refractivity contribution in [3.05, 3.63) is 34.9 Å². The highest BCUT2D eigenvalue weighted by Crippen LogP contribution is 2.29. The minimum Gasteiger partial charge on any atom is -0.480 e. The number of fused-ring (bicyclic) bond motifs is 1. The Balaban J connectivity index is 2.23. The standard InChI is InChI=1S/C16H21NO3/c1-4-10(2)15(16(19)20)17-8-13-6-5-12(11(3)18)7-14(13)9-17/h5-7,10,15H,4,8-9H2,1-3H3,(H,19,20). The Hall–Kier alpha value is -1.68. The summed E-state index contributed by atoms with van der Waals surface area (Å²) in [6, 6.07) is 5.20. The van der Waals surface area contributed by atoms with E-state index in [0.29, 0.717) is 18.7 Å². The average molecular weight is 275 g/mol. The molecule has 0 aliphatic carbocycles. The number of rotatable bonds is 5. The molecule has 20 heavy (non-hydrogen) atoms. The lowest BCUT2D eigenvalue weighted by atomic mass is 9.98. The van der Waals surface area contributed by atoms with E-state index >= 15 is 0 Å². The van der Waals surface area contributed by atoms with E-state index in [4.69, 9.17) is 0 Å². The normalized spacial score (nSPS) is 17.6. The van der Waals surface area contributed by atoms with Gasteiger partial charge in [0.1, 0.15) is 6.04 Å². The van der Waals surface area contributed by atoms with Crippen molar-refractivity contribution in [3.8, 4) is 0 Å². The Labute approximate surface area is 119 Å². The van der Waals surface area contributed by atoms with Gasteiger partial charge in [-0.15, -0.1) is 0 Å². The molecule has 0 spiro atoms. The Morgan fingerprint density at radius 3 is 2.50 bits per heavy atom. The topological polar surface area (TPSA) is 57.6 Å². The van der Waals surface area contributed by atoms with Crippen LogP contribution in [0.5, 0.6) is 0 Å². The fourth-order valence-corrected chi connectivity index (χ4v) is 2.82.